The van der Waals surface area contributed by atoms with Crippen molar-refractivity contribution < 1.29 is 4.74 Å². The average molecular weight is 336 g/mol. The maximum absolute atomic E-state index is 5.27. The fourth-order valence-corrected chi connectivity index (χ4v) is 2.80. The molecule has 2 aromatic carbocycles. The molecule has 0 atom stereocenters. The standard InChI is InChI=1S/C20H24N4O/c1-5-6-19-21-22-20(15-7-9-16(10-8-15)23(2)3)24(19)17-11-13-18(25-4)14-12-17/h7-14H,5-6H2,1-4H3. The van der Waals surface area contributed by atoms with Crippen molar-refractivity contribution in [3.05, 3.63) is 54.4 Å². The van der Waals surface area contributed by atoms with Gasteiger partial charge in [0.1, 0.15) is 11.6 Å². The van der Waals surface area contributed by atoms with E-state index in [1.165, 1.54) is 0 Å². The van der Waals surface area contributed by atoms with Gasteiger partial charge in [-0.05, 0) is 55.0 Å². The molecule has 0 unspecified atom stereocenters. The number of hydrogen-bond acceptors (Lipinski definition) is 4. The van der Waals surface area contributed by atoms with Gasteiger partial charge in [-0.25, -0.2) is 0 Å². The lowest BCUT2D eigenvalue weighted by Gasteiger charge is -2.14. The Bertz CT molecular complexity index is 820. The van der Waals surface area contributed by atoms with Crippen molar-refractivity contribution >= 4 is 5.69 Å². The van der Waals surface area contributed by atoms with Gasteiger partial charge in [-0.1, -0.05) is 6.92 Å². The molecule has 1 aromatic heterocycles. The van der Waals surface area contributed by atoms with Gasteiger partial charge < -0.3 is 9.64 Å². The summed E-state index contributed by atoms with van der Waals surface area (Å²) >= 11 is 0. The summed E-state index contributed by atoms with van der Waals surface area (Å²) in [5.41, 5.74) is 3.25. The van der Waals surface area contributed by atoms with E-state index in [-0.39, 0.29) is 0 Å². The molecular weight excluding hydrogens is 312 g/mol. The smallest absolute Gasteiger partial charge is 0.168 e. The fourth-order valence-electron chi connectivity index (χ4n) is 2.80. The molecule has 0 saturated heterocycles. The van der Waals surface area contributed by atoms with Crippen LogP contribution < -0.4 is 9.64 Å². The van der Waals surface area contributed by atoms with Crippen LogP contribution in [0.2, 0.25) is 0 Å². The molecule has 0 aliphatic rings. The SMILES string of the molecule is CCCc1nnc(-c2ccc(N(C)C)cc2)n1-c1ccc(OC)cc1. The maximum Gasteiger partial charge on any atom is 0.168 e. The molecule has 5 heteroatoms. The van der Waals surface area contributed by atoms with E-state index in [4.69, 9.17) is 4.74 Å². The van der Waals surface area contributed by atoms with Gasteiger partial charge in [-0.2, -0.15) is 0 Å². The van der Waals surface area contributed by atoms with E-state index in [0.29, 0.717) is 0 Å². The molecule has 1 heterocycles. The quantitative estimate of drug-likeness (QED) is 0.683. The van der Waals surface area contributed by atoms with E-state index >= 15 is 0 Å². The molecule has 3 aromatic rings. The van der Waals surface area contributed by atoms with Crippen LogP contribution in [-0.4, -0.2) is 36.0 Å². The van der Waals surface area contributed by atoms with Gasteiger partial charge in [0.2, 0.25) is 0 Å². The van der Waals surface area contributed by atoms with E-state index in [0.717, 1.165) is 47.2 Å². The highest BCUT2D eigenvalue weighted by Crippen LogP contribution is 2.26. The Balaban J connectivity index is 2.07. The molecule has 0 bridgehead atoms. The topological polar surface area (TPSA) is 43.2 Å². The summed E-state index contributed by atoms with van der Waals surface area (Å²) in [4.78, 5) is 2.08. The number of methoxy groups -OCH3 is 1. The fraction of sp³-hybridized carbons (Fsp3) is 0.300. The van der Waals surface area contributed by atoms with Crippen molar-refractivity contribution in [1.29, 1.82) is 0 Å². The lowest BCUT2D eigenvalue weighted by molar-refractivity contribution is 0.414. The molecule has 0 amide bonds. The largest absolute Gasteiger partial charge is 0.497 e. The zero-order valence-electron chi connectivity index (χ0n) is 15.2. The van der Waals surface area contributed by atoms with E-state index in [1.54, 1.807) is 7.11 Å². The number of nitrogens with zero attached hydrogens (tertiary/aromatic N) is 4. The van der Waals surface area contributed by atoms with Crippen molar-refractivity contribution in [3.63, 3.8) is 0 Å². The molecule has 0 spiro atoms. The van der Waals surface area contributed by atoms with Crippen molar-refractivity contribution in [1.82, 2.24) is 14.8 Å². The molecule has 0 fully saturated rings. The monoisotopic (exact) mass is 336 g/mol. The number of benzene rings is 2. The first kappa shape index (κ1) is 17.0. The summed E-state index contributed by atoms with van der Waals surface area (Å²) in [5, 5.41) is 8.90. The summed E-state index contributed by atoms with van der Waals surface area (Å²) < 4.78 is 7.40. The number of aryl methyl sites for hydroxylation is 1. The number of anilines is 1. The molecule has 0 saturated carbocycles. The van der Waals surface area contributed by atoms with E-state index < -0.39 is 0 Å². The Hall–Kier alpha value is -2.82. The molecular formula is C20H24N4O. The van der Waals surface area contributed by atoms with Crippen molar-refractivity contribution in [2.45, 2.75) is 19.8 Å². The van der Waals surface area contributed by atoms with Crippen LogP contribution in [-0.2, 0) is 6.42 Å². The van der Waals surface area contributed by atoms with Crippen LogP contribution in [0.3, 0.4) is 0 Å². The minimum absolute atomic E-state index is 0.839. The first-order chi connectivity index (χ1) is 12.1. The Labute approximate surface area is 148 Å². The Kier molecular flexibility index (Phi) is 5.03. The highest BCUT2D eigenvalue weighted by Gasteiger charge is 2.15. The molecule has 130 valence electrons. The summed E-state index contributed by atoms with van der Waals surface area (Å²) in [6, 6.07) is 16.4. The first-order valence-corrected chi connectivity index (χ1v) is 8.50. The number of hydrogen-bond donors (Lipinski definition) is 0. The zero-order chi connectivity index (χ0) is 17.8. The summed E-state index contributed by atoms with van der Waals surface area (Å²) in [6.45, 7) is 2.15. The van der Waals surface area contributed by atoms with Gasteiger partial charge in [0.05, 0.1) is 7.11 Å². The molecule has 0 aliphatic carbocycles. The van der Waals surface area contributed by atoms with E-state index in [1.807, 2.05) is 38.4 Å². The van der Waals surface area contributed by atoms with Crippen LogP contribution in [0.25, 0.3) is 17.1 Å². The summed E-state index contributed by atoms with van der Waals surface area (Å²) in [5.74, 6) is 2.67. The number of ether oxygens (including phenoxy) is 1. The second-order valence-electron chi connectivity index (χ2n) is 6.16. The number of aromatic nitrogens is 3. The van der Waals surface area contributed by atoms with E-state index in [2.05, 4.69) is 50.9 Å². The lowest BCUT2D eigenvalue weighted by atomic mass is 10.1. The van der Waals surface area contributed by atoms with Crippen molar-refractivity contribution in [2.24, 2.45) is 0 Å². The predicted molar refractivity (Wildman–Crippen MR) is 102 cm³/mol. The van der Waals surface area contributed by atoms with Gasteiger partial charge in [0.25, 0.3) is 0 Å². The Morgan fingerprint density at radius 2 is 1.64 bits per heavy atom. The normalized spacial score (nSPS) is 10.7. The van der Waals surface area contributed by atoms with Gasteiger partial charge in [-0.3, -0.25) is 4.57 Å². The zero-order valence-corrected chi connectivity index (χ0v) is 15.2. The van der Waals surface area contributed by atoms with Crippen LogP contribution in [0.4, 0.5) is 5.69 Å². The predicted octanol–water partition coefficient (Wildman–Crippen LogP) is 3.96. The van der Waals surface area contributed by atoms with Crippen LogP contribution in [0.15, 0.2) is 48.5 Å². The Morgan fingerprint density at radius 3 is 2.20 bits per heavy atom. The highest BCUT2D eigenvalue weighted by atomic mass is 16.5. The lowest BCUT2D eigenvalue weighted by Crippen LogP contribution is -2.08. The van der Waals surface area contributed by atoms with Crippen molar-refractivity contribution in [3.8, 4) is 22.8 Å². The van der Waals surface area contributed by atoms with Crippen LogP contribution >= 0.6 is 0 Å². The molecule has 0 aliphatic heterocycles. The number of rotatable bonds is 6. The third-order valence-electron chi connectivity index (χ3n) is 4.18. The molecule has 0 radical (unpaired) electrons. The second-order valence-corrected chi connectivity index (χ2v) is 6.16. The van der Waals surface area contributed by atoms with Crippen LogP contribution in [0, 0.1) is 0 Å². The Morgan fingerprint density at radius 1 is 0.960 bits per heavy atom. The summed E-state index contributed by atoms with van der Waals surface area (Å²) in [7, 11) is 5.75. The molecule has 0 N–H and O–H groups in total. The van der Waals surface area contributed by atoms with Crippen LogP contribution in [0.5, 0.6) is 5.75 Å². The van der Waals surface area contributed by atoms with E-state index in [9.17, 15) is 0 Å². The van der Waals surface area contributed by atoms with Gasteiger partial charge in [-0.15, -0.1) is 10.2 Å². The third-order valence-corrected chi connectivity index (χ3v) is 4.18. The van der Waals surface area contributed by atoms with Crippen molar-refractivity contribution in [2.75, 3.05) is 26.1 Å². The minimum atomic E-state index is 0.839. The third kappa shape index (κ3) is 3.50. The minimum Gasteiger partial charge on any atom is -0.497 e. The molecule has 5 nitrogen and oxygen atoms in total. The maximum atomic E-state index is 5.27. The van der Waals surface area contributed by atoms with Gasteiger partial charge in [0.15, 0.2) is 5.82 Å². The van der Waals surface area contributed by atoms with Gasteiger partial charge in [0, 0.05) is 37.5 Å². The first-order valence-electron chi connectivity index (χ1n) is 8.50. The summed E-state index contributed by atoms with van der Waals surface area (Å²) in [6.07, 6.45) is 1.91. The second kappa shape index (κ2) is 7.38. The average Bonchev–Trinajstić information content (AvgIpc) is 3.06. The highest BCUT2D eigenvalue weighted by molar-refractivity contribution is 5.62. The molecule has 3 rings (SSSR count). The molecule has 25 heavy (non-hydrogen) atoms. The van der Waals surface area contributed by atoms with Crippen LogP contribution in [0.1, 0.15) is 19.2 Å². The van der Waals surface area contributed by atoms with Gasteiger partial charge >= 0.3 is 0 Å².